The Kier molecular flexibility index (Phi) is 5.40. The van der Waals surface area contributed by atoms with Crippen molar-refractivity contribution in [2.45, 2.75) is 25.3 Å². The number of aromatic amines is 1. The first kappa shape index (κ1) is 17.8. The Labute approximate surface area is 149 Å². The quantitative estimate of drug-likeness (QED) is 0.848. The highest BCUT2D eigenvalue weighted by Gasteiger charge is 2.24. The smallest absolute Gasteiger partial charge is 0.271 e. The number of benzene rings is 1. The average molecular weight is 358 g/mol. The fraction of sp³-hybridized carbons (Fsp3) is 0.333. The van der Waals surface area contributed by atoms with Crippen molar-refractivity contribution in [1.29, 1.82) is 0 Å². The summed E-state index contributed by atoms with van der Waals surface area (Å²) in [6.07, 6.45) is 1.52. The first-order chi connectivity index (χ1) is 12.5. The molecule has 2 heterocycles. The molecule has 8 heteroatoms. The van der Waals surface area contributed by atoms with E-state index >= 15 is 0 Å². The normalized spacial score (nSPS) is 14.9. The molecule has 0 unspecified atom stereocenters. The van der Waals surface area contributed by atoms with Gasteiger partial charge < -0.3 is 10.2 Å². The van der Waals surface area contributed by atoms with E-state index in [0.29, 0.717) is 25.9 Å². The molecule has 1 aliphatic heterocycles. The van der Waals surface area contributed by atoms with E-state index in [9.17, 15) is 18.8 Å². The van der Waals surface area contributed by atoms with Crippen molar-refractivity contribution in [1.82, 2.24) is 20.4 Å². The summed E-state index contributed by atoms with van der Waals surface area (Å²) in [5, 5.41) is 8.79. The minimum Gasteiger partial charge on any atom is -0.348 e. The fourth-order valence-electron chi connectivity index (χ4n) is 2.89. The maximum absolute atomic E-state index is 12.9. The predicted octanol–water partition coefficient (Wildman–Crippen LogP) is 0.872. The molecule has 0 radical (unpaired) electrons. The van der Waals surface area contributed by atoms with E-state index in [1.165, 1.54) is 24.3 Å². The summed E-state index contributed by atoms with van der Waals surface area (Å²) in [5.41, 5.74) is 0.560. The second kappa shape index (κ2) is 7.90. The van der Waals surface area contributed by atoms with Gasteiger partial charge in [0, 0.05) is 25.2 Å². The Morgan fingerprint density at radius 2 is 1.85 bits per heavy atom. The van der Waals surface area contributed by atoms with Crippen LogP contribution in [0.1, 0.15) is 28.9 Å². The molecule has 2 aromatic rings. The molecule has 0 atom stereocenters. The van der Waals surface area contributed by atoms with Gasteiger partial charge in [0.25, 0.3) is 11.5 Å². The fourth-order valence-corrected chi connectivity index (χ4v) is 2.89. The zero-order valence-corrected chi connectivity index (χ0v) is 14.1. The van der Waals surface area contributed by atoms with E-state index in [-0.39, 0.29) is 41.3 Å². The topological polar surface area (TPSA) is 95.2 Å². The second-order valence-electron chi connectivity index (χ2n) is 6.24. The zero-order chi connectivity index (χ0) is 18.5. The van der Waals surface area contributed by atoms with Gasteiger partial charge in [-0.1, -0.05) is 12.1 Å². The molecule has 0 spiro atoms. The molecule has 26 heavy (non-hydrogen) atoms. The largest absolute Gasteiger partial charge is 0.348 e. The number of piperidine rings is 1. The molecule has 136 valence electrons. The minimum atomic E-state index is -0.366. The number of nitrogens with zero attached hydrogens (tertiary/aromatic N) is 2. The van der Waals surface area contributed by atoms with Crippen LogP contribution < -0.4 is 10.9 Å². The lowest BCUT2D eigenvalue weighted by Crippen LogP contribution is -2.47. The highest BCUT2D eigenvalue weighted by Crippen LogP contribution is 2.13. The number of halogens is 1. The number of hydrogen-bond acceptors (Lipinski definition) is 4. The lowest BCUT2D eigenvalue weighted by atomic mass is 10.0. The Morgan fingerprint density at radius 3 is 2.46 bits per heavy atom. The Hall–Kier alpha value is -3.03. The summed E-state index contributed by atoms with van der Waals surface area (Å²) in [7, 11) is 0. The predicted molar refractivity (Wildman–Crippen MR) is 92.0 cm³/mol. The van der Waals surface area contributed by atoms with Crippen LogP contribution in [0.2, 0.25) is 0 Å². The summed E-state index contributed by atoms with van der Waals surface area (Å²) in [6.45, 7) is 1.09. The number of rotatable bonds is 4. The molecule has 1 aliphatic rings. The average Bonchev–Trinajstić information content (AvgIpc) is 2.64. The zero-order valence-electron chi connectivity index (χ0n) is 14.1. The minimum absolute atomic E-state index is 0.0105. The standard InChI is InChI=1S/C18H19FN4O3/c19-13-3-1-12(2-4-13)11-17(25)23-9-7-14(8-10-23)20-18(26)15-5-6-16(24)22-21-15/h1-6,14H,7-11H2,(H,20,26)(H,22,24). The van der Waals surface area contributed by atoms with Crippen LogP contribution in [0.25, 0.3) is 0 Å². The van der Waals surface area contributed by atoms with Crippen molar-refractivity contribution in [3.8, 4) is 0 Å². The van der Waals surface area contributed by atoms with Crippen molar-refractivity contribution >= 4 is 11.8 Å². The van der Waals surface area contributed by atoms with Crippen LogP contribution in [-0.2, 0) is 11.2 Å². The lowest BCUT2D eigenvalue weighted by Gasteiger charge is -2.32. The molecular weight excluding hydrogens is 339 g/mol. The number of aromatic nitrogens is 2. The summed E-state index contributed by atoms with van der Waals surface area (Å²) < 4.78 is 12.9. The third kappa shape index (κ3) is 4.53. The number of nitrogens with one attached hydrogen (secondary N) is 2. The Bertz CT molecular complexity index is 822. The highest BCUT2D eigenvalue weighted by atomic mass is 19.1. The Balaban J connectivity index is 1.48. The van der Waals surface area contributed by atoms with Crippen LogP contribution in [0.5, 0.6) is 0 Å². The number of carbonyl (C=O) groups is 2. The number of H-pyrrole nitrogens is 1. The van der Waals surface area contributed by atoms with E-state index in [0.717, 1.165) is 5.56 Å². The van der Waals surface area contributed by atoms with Crippen molar-refractivity contribution in [2.24, 2.45) is 0 Å². The van der Waals surface area contributed by atoms with Gasteiger partial charge in [-0.2, -0.15) is 5.10 Å². The summed E-state index contributed by atoms with van der Waals surface area (Å²) >= 11 is 0. The number of hydrogen-bond donors (Lipinski definition) is 2. The van der Waals surface area contributed by atoms with Crippen LogP contribution >= 0.6 is 0 Å². The van der Waals surface area contributed by atoms with Crippen molar-refractivity contribution in [3.05, 3.63) is 63.8 Å². The first-order valence-electron chi connectivity index (χ1n) is 8.40. The molecule has 1 aromatic heterocycles. The van der Waals surface area contributed by atoms with E-state index in [1.54, 1.807) is 17.0 Å². The molecule has 1 aromatic carbocycles. The van der Waals surface area contributed by atoms with Crippen molar-refractivity contribution < 1.29 is 14.0 Å². The van der Waals surface area contributed by atoms with Crippen LogP contribution in [-0.4, -0.2) is 46.0 Å². The van der Waals surface area contributed by atoms with Crippen molar-refractivity contribution in [2.75, 3.05) is 13.1 Å². The Morgan fingerprint density at radius 1 is 1.15 bits per heavy atom. The van der Waals surface area contributed by atoms with E-state index in [4.69, 9.17) is 0 Å². The number of likely N-dealkylation sites (tertiary alicyclic amines) is 1. The third-order valence-electron chi connectivity index (χ3n) is 4.36. The molecule has 7 nitrogen and oxygen atoms in total. The summed E-state index contributed by atoms with van der Waals surface area (Å²) in [5.74, 6) is -0.684. The van der Waals surface area contributed by atoms with Gasteiger partial charge >= 0.3 is 0 Å². The van der Waals surface area contributed by atoms with Crippen LogP contribution in [0.3, 0.4) is 0 Å². The third-order valence-corrected chi connectivity index (χ3v) is 4.36. The van der Waals surface area contributed by atoms with E-state index in [1.807, 2.05) is 0 Å². The molecular formula is C18H19FN4O3. The van der Waals surface area contributed by atoms with Gasteiger partial charge in [-0.15, -0.1) is 0 Å². The first-order valence-corrected chi connectivity index (χ1v) is 8.40. The van der Waals surface area contributed by atoms with Gasteiger partial charge in [0.1, 0.15) is 11.5 Å². The van der Waals surface area contributed by atoms with Gasteiger partial charge in [-0.25, -0.2) is 9.49 Å². The SMILES string of the molecule is O=C(NC1CCN(C(=O)Cc2ccc(F)cc2)CC1)c1ccc(=O)[nH]n1. The second-order valence-corrected chi connectivity index (χ2v) is 6.24. The van der Waals surface area contributed by atoms with Gasteiger partial charge in [-0.05, 0) is 36.6 Å². The van der Waals surface area contributed by atoms with E-state index in [2.05, 4.69) is 15.5 Å². The van der Waals surface area contributed by atoms with E-state index < -0.39 is 0 Å². The maximum Gasteiger partial charge on any atom is 0.271 e. The van der Waals surface area contributed by atoms with Gasteiger partial charge in [-0.3, -0.25) is 14.4 Å². The van der Waals surface area contributed by atoms with Crippen LogP contribution in [0, 0.1) is 5.82 Å². The molecule has 2 amide bonds. The molecule has 0 bridgehead atoms. The number of carbonyl (C=O) groups excluding carboxylic acids is 2. The molecule has 0 saturated carbocycles. The van der Waals surface area contributed by atoms with Gasteiger partial charge in [0.15, 0.2) is 0 Å². The van der Waals surface area contributed by atoms with Gasteiger partial charge in [0.2, 0.25) is 5.91 Å². The molecule has 2 N–H and O–H groups in total. The monoisotopic (exact) mass is 358 g/mol. The van der Waals surface area contributed by atoms with Crippen LogP contribution in [0.15, 0.2) is 41.2 Å². The summed E-state index contributed by atoms with van der Waals surface area (Å²) in [4.78, 5) is 37.2. The summed E-state index contributed by atoms with van der Waals surface area (Å²) in [6, 6.07) is 8.47. The molecule has 3 rings (SSSR count). The number of amides is 2. The van der Waals surface area contributed by atoms with Gasteiger partial charge in [0.05, 0.1) is 6.42 Å². The van der Waals surface area contributed by atoms with Crippen LogP contribution in [0.4, 0.5) is 4.39 Å². The lowest BCUT2D eigenvalue weighted by molar-refractivity contribution is -0.131. The van der Waals surface area contributed by atoms with Crippen molar-refractivity contribution in [3.63, 3.8) is 0 Å². The highest BCUT2D eigenvalue weighted by molar-refractivity contribution is 5.92. The maximum atomic E-state index is 12.9. The molecule has 1 saturated heterocycles. The molecule has 0 aliphatic carbocycles. The molecule has 1 fully saturated rings.